The van der Waals surface area contributed by atoms with Gasteiger partial charge < -0.3 is 5.32 Å². The molecule has 1 N–H and O–H groups in total. The van der Waals surface area contributed by atoms with E-state index < -0.39 is 30.0 Å². The monoisotopic (exact) mass is 211 g/mol. The number of hydrogen-bond acceptors (Lipinski definition) is 1. The molecule has 0 saturated carbocycles. The van der Waals surface area contributed by atoms with Crippen LogP contribution in [-0.4, -0.2) is 12.7 Å². The molecular weight excluding hydrogens is 205 g/mol. The molecule has 0 heterocycles. The SMILES string of the molecule is Fc1cccc(F)c1NCC(F)(F)F. The fourth-order valence-electron chi connectivity index (χ4n) is 0.855. The molecular formula is C8H6F5N. The number of rotatable bonds is 2. The Kier molecular flexibility index (Phi) is 2.93. The third-order valence-corrected chi connectivity index (χ3v) is 1.43. The fraction of sp³-hybridized carbons (Fsp3) is 0.250. The first-order valence-corrected chi connectivity index (χ1v) is 3.65. The summed E-state index contributed by atoms with van der Waals surface area (Å²) in [6.07, 6.45) is -4.51. The molecule has 0 amide bonds. The molecule has 0 fully saturated rings. The number of alkyl halides is 3. The Hall–Kier alpha value is -1.33. The van der Waals surface area contributed by atoms with E-state index in [2.05, 4.69) is 0 Å². The van der Waals surface area contributed by atoms with E-state index >= 15 is 0 Å². The first-order chi connectivity index (χ1) is 6.40. The van der Waals surface area contributed by atoms with Crippen LogP contribution >= 0.6 is 0 Å². The highest BCUT2D eigenvalue weighted by Crippen LogP contribution is 2.21. The van der Waals surface area contributed by atoms with Crippen LogP contribution in [0.2, 0.25) is 0 Å². The predicted octanol–water partition coefficient (Wildman–Crippen LogP) is 2.94. The summed E-state index contributed by atoms with van der Waals surface area (Å²) in [4.78, 5) is 0. The van der Waals surface area contributed by atoms with Crippen molar-refractivity contribution in [3.8, 4) is 0 Å². The van der Waals surface area contributed by atoms with Crippen LogP contribution in [0.25, 0.3) is 0 Å². The molecule has 6 heteroatoms. The fourth-order valence-corrected chi connectivity index (χ4v) is 0.855. The van der Waals surface area contributed by atoms with Crippen molar-refractivity contribution in [3.63, 3.8) is 0 Å². The average molecular weight is 211 g/mol. The summed E-state index contributed by atoms with van der Waals surface area (Å²) in [5.74, 6) is -2.09. The molecule has 1 aromatic carbocycles. The highest BCUT2D eigenvalue weighted by molar-refractivity contribution is 5.46. The Morgan fingerprint density at radius 3 is 2.00 bits per heavy atom. The number of halogens is 5. The summed E-state index contributed by atoms with van der Waals surface area (Å²) in [5, 5.41) is 1.65. The van der Waals surface area contributed by atoms with Gasteiger partial charge in [0.15, 0.2) is 0 Å². The van der Waals surface area contributed by atoms with E-state index in [1.165, 1.54) is 0 Å². The lowest BCUT2D eigenvalue weighted by Crippen LogP contribution is -2.22. The minimum Gasteiger partial charge on any atom is -0.372 e. The Morgan fingerprint density at radius 1 is 1.07 bits per heavy atom. The van der Waals surface area contributed by atoms with Gasteiger partial charge in [0.1, 0.15) is 23.9 Å². The topological polar surface area (TPSA) is 12.0 Å². The van der Waals surface area contributed by atoms with Crippen molar-refractivity contribution in [2.75, 3.05) is 11.9 Å². The summed E-state index contributed by atoms with van der Waals surface area (Å²) in [6, 6.07) is 2.83. The van der Waals surface area contributed by atoms with E-state index in [0.717, 1.165) is 18.2 Å². The molecule has 1 aromatic rings. The first kappa shape index (κ1) is 10.7. The Morgan fingerprint density at radius 2 is 1.57 bits per heavy atom. The smallest absolute Gasteiger partial charge is 0.372 e. The van der Waals surface area contributed by atoms with Crippen LogP contribution in [0.4, 0.5) is 27.6 Å². The highest BCUT2D eigenvalue weighted by Gasteiger charge is 2.27. The van der Waals surface area contributed by atoms with Gasteiger partial charge in [-0.2, -0.15) is 13.2 Å². The normalized spacial score (nSPS) is 11.5. The van der Waals surface area contributed by atoms with Gasteiger partial charge in [0.25, 0.3) is 0 Å². The molecule has 1 nitrogen and oxygen atoms in total. The average Bonchev–Trinajstić information content (AvgIpc) is 2.01. The molecule has 0 aliphatic heterocycles. The third kappa shape index (κ3) is 2.86. The second kappa shape index (κ2) is 3.81. The quantitative estimate of drug-likeness (QED) is 0.741. The number of anilines is 1. The van der Waals surface area contributed by atoms with Gasteiger partial charge in [-0.15, -0.1) is 0 Å². The molecule has 0 aliphatic rings. The van der Waals surface area contributed by atoms with Crippen LogP contribution in [0, 0.1) is 11.6 Å². The van der Waals surface area contributed by atoms with Gasteiger partial charge in [-0.1, -0.05) is 6.07 Å². The maximum absolute atomic E-state index is 12.8. The van der Waals surface area contributed by atoms with Crippen LogP contribution < -0.4 is 5.32 Å². The standard InChI is InChI=1S/C8H6F5N/c9-5-2-1-3-6(10)7(5)14-4-8(11,12)13/h1-3,14H,4H2. The molecule has 0 saturated heterocycles. The number of hydrogen-bond donors (Lipinski definition) is 1. The van der Waals surface area contributed by atoms with Crippen molar-refractivity contribution in [2.45, 2.75) is 6.18 Å². The van der Waals surface area contributed by atoms with Crippen LogP contribution in [0.5, 0.6) is 0 Å². The Bertz CT molecular complexity index is 300. The van der Waals surface area contributed by atoms with Crippen molar-refractivity contribution in [3.05, 3.63) is 29.8 Å². The van der Waals surface area contributed by atoms with E-state index in [4.69, 9.17) is 0 Å². The van der Waals surface area contributed by atoms with Crippen molar-refractivity contribution in [1.82, 2.24) is 0 Å². The van der Waals surface area contributed by atoms with E-state index in [0.29, 0.717) is 0 Å². The number of benzene rings is 1. The van der Waals surface area contributed by atoms with Gasteiger partial charge in [0.05, 0.1) is 0 Å². The summed E-state index contributed by atoms with van der Waals surface area (Å²) < 4.78 is 60.6. The molecule has 0 aromatic heterocycles. The van der Waals surface area contributed by atoms with Gasteiger partial charge in [0, 0.05) is 0 Å². The van der Waals surface area contributed by atoms with Crippen LogP contribution in [-0.2, 0) is 0 Å². The number of nitrogens with one attached hydrogen (secondary N) is 1. The van der Waals surface area contributed by atoms with E-state index in [1.807, 2.05) is 0 Å². The van der Waals surface area contributed by atoms with Gasteiger partial charge in [0.2, 0.25) is 0 Å². The largest absolute Gasteiger partial charge is 0.405 e. The molecule has 78 valence electrons. The zero-order chi connectivity index (χ0) is 10.8. The van der Waals surface area contributed by atoms with E-state index in [-0.39, 0.29) is 0 Å². The zero-order valence-corrected chi connectivity index (χ0v) is 6.83. The maximum atomic E-state index is 12.8. The van der Waals surface area contributed by atoms with Gasteiger partial charge >= 0.3 is 6.18 Å². The minimum absolute atomic E-state index is 0.759. The van der Waals surface area contributed by atoms with Crippen LogP contribution in [0.15, 0.2) is 18.2 Å². The Labute approximate surface area is 76.5 Å². The first-order valence-electron chi connectivity index (χ1n) is 3.65. The van der Waals surface area contributed by atoms with Crippen LogP contribution in [0.3, 0.4) is 0 Å². The maximum Gasteiger partial charge on any atom is 0.405 e. The van der Waals surface area contributed by atoms with Crippen molar-refractivity contribution in [1.29, 1.82) is 0 Å². The summed E-state index contributed by atoms with van der Waals surface area (Å²) in [5.41, 5.74) is -0.759. The molecule has 0 spiro atoms. The summed E-state index contributed by atoms with van der Waals surface area (Å²) >= 11 is 0. The molecule has 0 aliphatic carbocycles. The lowest BCUT2D eigenvalue weighted by atomic mass is 10.3. The minimum atomic E-state index is -4.51. The van der Waals surface area contributed by atoms with Crippen molar-refractivity contribution < 1.29 is 22.0 Å². The number of para-hydroxylation sites is 1. The predicted molar refractivity (Wildman–Crippen MR) is 40.9 cm³/mol. The molecule has 0 bridgehead atoms. The van der Waals surface area contributed by atoms with Gasteiger partial charge in [-0.05, 0) is 12.1 Å². The van der Waals surface area contributed by atoms with E-state index in [9.17, 15) is 22.0 Å². The summed E-state index contributed by atoms with van der Waals surface area (Å²) in [6.45, 7) is -1.47. The lowest BCUT2D eigenvalue weighted by molar-refractivity contribution is -0.115. The Balaban J connectivity index is 2.77. The molecule has 0 atom stereocenters. The van der Waals surface area contributed by atoms with Gasteiger partial charge in [-0.3, -0.25) is 0 Å². The highest BCUT2D eigenvalue weighted by atomic mass is 19.4. The van der Waals surface area contributed by atoms with Crippen molar-refractivity contribution >= 4 is 5.69 Å². The van der Waals surface area contributed by atoms with Crippen LogP contribution in [0.1, 0.15) is 0 Å². The third-order valence-electron chi connectivity index (χ3n) is 1.43. The zero-order valence-electron chi connectivity index (χ0n) is 6.83. The van der Waals surface area contributed by atoms with Crippen molar-refractivity contribution in [2.24, 2.45) is 0 Å². The molecule has 0 radical (unpaired) electrons. The lowest BCUT2D eigenvalue weighted by Gasteiger charge is -2.10. The molecule has 0 unspecified atom stereocenters. The molecule has 14 heavy (non-hydrogen) atoms. The second-order valence-electron chi connectivity index (χ2n) is 2.57. The molecule has 1 rings (SSSR count). The second-order valence-corrected chi connectivity index (χ2v) is 2.57. The van der Waals surface area contributed by atoms with E-state index in [1.54, 1.807) is 5.32 Å². The van der Waals surface area contributed by atoms with Gasteiger partial charge in [-0.25, -0.2) is 8.78 Å². The summed E-state index contributed by atoms with van der Waals surface area (Å²) in [7, 11) is 0.